The minimum atomic E-state index is -3.30. The fourth-order valence-electron chi connectivity index (χ4n) is 4.01. The van der Waals surface area contributed by atoms with E-state index in [2.05, 4.69) is 14.9 Å². The zero-order valence-corrected chi connectivity index (χ0v) is 15.0. The largest absolute Gasteiger partial charge is 0.343 e. The first-order valence-electron chi connectivity index (χ1n) is 8.52. The number of sulfonamides is 1. The average Bonchev–Trinajstić information content (AvgIpc) is 2.69. The first-order valence-corrected chi connectivity index (χ1v) is 10.4. The lowest BCUT2D eigenvalue weighted by Gasteiger charge is -2.38. The Hall–Kier alpha value is -1.19. The van der Waals surface area contributed by atoms with E-state index in [-0.39, 0.29) is 23.9 Å². The van der Waals surface area contributed by atoms with Crippen molar-refractivity contribution in [2.45, 2.75) is 56.8 Å². The summed E-state index contributed by atoms with van der Waals surface area (Å²) < 4.78 is 25.6. The summed E-state index contributed by atoms with van der Waals surface area (Å²) in [6.07, 6.45) is 5.21. The summed E-state index contributed by atoms with van der Waals surface area (Å²) in [6.45, 7) is 3.07. The van der Waals surface area contributed by atoms with Crippen LogP contribution in [0.3, 0.4) is 0 Å². The Balaban J connectivity index is 1.78. The molecule has 136 valence electrons. The summed E-state index contributed by atoms with van der Waals surface area (Å²) in [6, 6.07) is -0.342. The molecular formula is C15H26N4O4S. The minimum absolute atomic E-state index is 0.00360. The first-order chi connectivity index (χ1) is 11.2. The summed E-state index contributed by atoms with van der Waals surface area (Å²) >= 11 is 0. The maximum absolute atomic E-state index is 12.9. The van der Waals surface area contributed by atoms with Gasteiger partial charge in [0.15, 0.2) is 0 Å². The van der Waals surface area contributed by atoms with Crippen molar-refractivity contribution in [1.29, 1.82) is 0 Å². The number of nitrogens with one attached hydrogen (secondary N) is 2. The van der Waals surface area contributed by atoms with Crippen LogP contribution in [0.5, 0.6) is 0 Å². The van der Waals surface area contributed by atoms with Crippen molar-refractivity contribution in [3.05, 3.63) is 0 Å². The standard InChI is InChI=1S/C15H26N4O4S/c1-10(20)16-14-9-18(12-4-3-5-12)8-13-6-11(17-24(2,22)23)7-19(13)15(14)21/h11-14,17H,3-9H2,1-2H3,(H,16,20)/t11-,13-,14-/m0/s1. The normalized spacial score (nSPS) is 32.2. The average molecular weight is 358 g/mol. The van der Waals surface area contributed by atoms with E-state index in [0.717, 1.165) is 25.6 Å². The number of carbonyl (C=O) groups excluding carboxylic acids is 2. The van der Waals surface area contributed by atoms with Crippen LogP contribution in [0.15, 0.2) is 0 Å². The molecule has 2 aliphatic heterocycles. The predicted octanol–water partition coefficient (Wildman–Crippen LogP) is -1.12. The Morgan fingerprint density at radius 2 is 1.88 bits per heavy atom. The second-order valence-corrected chi connectivity index (χ2v) is 9.04. The van der Waals surface area contributed by atoms with Crippen molar-refractivity contribution in [3.63, 3.8) is 0 Å². The van der Waals surface area contributed by atoms with Crippen molar-refractivity contribution in [1.82, 2.24) is 19.8 Å². The van der Waals surface area contributed by atoms with Gasteiger partial charge < -0.3 is 10.2 Å². The molecule has 24 heavy (non-hydrogen) atoms. The van der Waals surface area contributed by atoms with Crippen molar-refractivity contribution in [2.75, 3.05) is 25.9 Å². The molecule has 1 saturated carbocycles. The minimum Gasteiger partial charge on any atom is -0.343 e. The highest BCUT2D eigenvalue weighted by Crippen LogP contribution is 2.30. The number of amides is 2. The fourth-order valence-corrected chi connectivity index (χ4v) is 4.78. The molecule has 2 saturated heterocycles. The molecule has 3 aliphatic rings. The Morgan fingerprint density at radius 3 is 2.42 bits per heavy atom. The molecule has 2 N–H and O–H groups in total. The van der Waals surface area contributed by atoms with Gasteiger partial charge in [0.1, 0.15) is 6.04 Å². The monoisotopic (exact) mass is 358 g/mol. The van der Waals surface area contributed by atoms with Gasteiger partial charge in [-0.3, -0.25) is 14.5 Å². The number of carbonyl (C=O) groups is 2. The molecule has 8 nitrogen and oxygen atoms in total. The maximum atomic E-state index is 12.9. The highest BCUT2D eigenvalue weighted by atomic mass is 32.2. The number of fused-ring (bicyclic) bond motifs is 1. The third kappa shape index (κ3) is 3.89. The van der Waals surface area contributed by atoms with Gasteiger partial charge in [-0.15, -0.1) is 0 Å². The lowest BCUT2D eigenvalue weighted by molar-refractivity contribution is -0.135. The quantitative estimate of drug-likeness (QED) is 0.663. The lowest BCUT2D eigenvalue weighted by Crippen LogP contribution is -2.52. The summed E-state index contributed by atoms with van der Waals surface area (Å²) in [5, 5.41) is 2.77. The van der Waals surface area contributed by atoms with Gasteiger partial charge in [0.25, 0.3) is 0 Å². The van der Waals surface area contributed by atoms with E-state index in [1.165, 1.54) is 13.3 Å². The van der Waals surface area contributed by atoms with Crippen molar-refractivity contribution in [2.24, 2.45) is 0 Å². The van der Waals surface area contributed by atoms with Crippen molar-refractivity contribution in [3.8, 4) is 0 Å². The van der Waals surface area contributed by atoms with Crippen LogP contribution in [-0.2, 0) is 19.6 Å². The van der Waals surface area contributed by atoms with Crippen LogP contribution >= 0.6 is 0 Å². The van der Waals surface area contributed by atoms with Gasteiger partial charge in [-0.25, -0.2) is 13.1 Å². The van der Waals surface area contributed by atoms with Crippen molar-refractivity contribution < 1.29 is 18.0 Å². The second kappa shape index (κ2) is 6.61. The zero-order valence-electron chi connectivity index (χ0n) is 14.2. The predicted molar refractivity (Wildman–Crippen MR) is 88.7 cm³/mol. The van der Waals surface area contributed by atoms with E-state index in [1.807, 2.05) is 0 Å². The molecule has 3 fully saturated rings. The molecule has 3 rings (SSSR count). The summed E-state index contributed by atoms with van der Waals surface area (Å²) in [4.78, 5) is 28.4. The number of hydrogen-bond donors (Lipinski definition) is 2. The van der Waals surface area contributed by atoms with Gasteiger partial charge in [-0.1, -0.05) is 6.42 Å². The van der Waals surface area contributed by atoms with E-state index in [4.69, 9.17) is 0 Å². The SMILES string of the molecule is CC(=O)N[C@H]1CN(C2CCC2)C[C@@H]2C[C@H](NS(C)(=O)=O)CN2C1=O. The maximum Gasteiger partial charge on any atom is 0.246 e. The van der Waals surface area contributed by atoms with Gasteiger partial charge in [-0.2, -0.15) is 0 Å². The summed E-state index contributed by atoms with van der Waals surface area (Å²) in [5.41, 5.74) is 0. The Kier molecular flexibility index (Phi) is 4.85. The highest BCUT2D eigenvalue weighted by molar-refractivity contribution is 7.88. The molecule has 0 aromatic carbocycles. The fraction of sp³-hybridized carbons (Fsp3) is 0.867. The van der Waals surface area contributed by atoms with E-state index in [1.54, 1.807) is 4.90 Å². The Morgan fingerprint density at radius 1 is 1.17 bits per heavy atom. The van der Waals surface area contributed by atoms with Crippen LogP contribution in [0.25, 0.3) is 0 Å². The molecule has 1 aliphatic carbocycles. The molecule has 2 amide bonds. The van der Waals surface area contributed by atoms with Crippen LogP contribution in [0.2, 0.25) is 0 Å². The van der Waals surface area contributed by atoms with Crippen LogP contribution in [-0.4, -0.2) is 80.1 Å². The molecule has 0 spiro atoms. The zero-order chi connectivity index (χ0) is 17.5. The van der Waals surface area contributed by atoms with E-state index < -0.39 is 16.1 Å². The van der Waals surface area contributed by atoms with E-state index >= 15 is 0 Å². The molecule has 0 unspecified atom stereocenters. The van der Waals surface area contributed by atoms with Gasteiger partial charge in [0.05, 0.1) is 6.26 Å². The number of rotatable bonds is 4. The molecule has 0 aromatic rings. The molecular weight excluding hydrogens is 332 g/mol. The Bertz CT molecular complexity index is 619. The van der Waals surface area contributed by atoms with Crippen LogP contribution < -0.4 is 10.0 Å². The first kappa shape index (κ1) is 17.6. The van der Waals surface area contributed by atoms with Gasteiger partial charge in [0, 0.05) is 44.7 Å². The highest BCUT2D eigenvalue weighted by Gasteiger charge is 2.44. The third-order valence-corrected chi connectivity index (χ3v) is 5.97. The van der Waals surface area contributed by atoms with Crippen LogP contribution in [0, 0.1) is 0 Å². The second-order valence-electron chi connectivity index (χ2n) is 7.26. The third-order valence-electron chi connectivity index (χ3n) is 5.21. The van der Waals surface area contributed by atoms with Gasteiger partial charge in [-0.05, 0) is 19.3 Å². The molecule has 9 heteroatoms. The van der Waals surface area contributed by atoms with Crippen molar-refractivity contribution >= 4 is 21.8 Å². The topological polar surface area (TPSA) is 98.8 Å². The lowest BCUT2D eigenvalue weighted by atomic mass is 9.91. The smallest absolute Gasteiger partial charge is 0.246 e. The molecule has 3 atom stereocenters. The van der Waals surface area contributed by atoms with Crippen LogP contribution in [0.4, 0.5) is 0 Å². The number of nitrogens with zero attached hydrogens (tertiary/aromatic N) is 2. The molecule has 0 aromatic heterocycles. The van der Waals surface area contributed by atoms with Gasteiger partial charge >= 0.3 is 0 Å². The van der Waals surface area contributed by atoms with E-state index in [9.17, 15) is 18.0 Å². The summed E-state index contributed by atoms with van der Waals surface area (Å²) in [7, 11) is -3.30. The molecule has 0 bridgehead atoms. The molecule has 2 heterocycles. The number of hydrogen-bond acceptors (Lipinski definition) is 5. The van der Waals surface area contributed by atoms with Gasteiger partial charge in [0.2, 0.25) is 21.8 Å². The summed E-state index contributed by atoms with van der Waals surface area (Å²) in [5.74, 6) is -0.319. The van der Waals surface area contributed by atoms with Crippen LogP contribution in [0.1, 0.15) is 32.6 Å². The Labute approximate surface area is 143 Å². The molecule has 0 radical (unpaired) electrons. The van der Waals surface area contributed by atoms with E-state index in [0.29, 0.717) is 25.6 Å².